The number of anilines is 1. The van der Waals surface area contributed by atoms with Crippen molar-refractivity contribution < 1.29 is 13.2 Å². The Labute approximate surface area is 204 Å². The van der Waals surface area contributed by atoms with Crippen LogP contribution in [-0.4, -0.2) is 51.7 Å². The Morgan fingerprint density at radius 2 is 1.71 bits per heavy atom. The summed E-state index contributed by atoms with van der Waals surface area (Å²) in [5, 5.41) is 11.6. The first-order valence-electron chi connectivity index (χ1n) is 11.4. The minimum Gasteiger partial charge on any atom is -0.325 e. The molecule has 0 unspecified atom stereocenters. The Kier molecular flexibility index (Phi) is 7.70. The number of sulfonamides is 1. The molecule has 4 rings (SSSR count). The molecule has 2 heterocycles. The molecule has 0 saturated carbocycles. The van der Waals surface area contributed by atoms with Gasteiger partial charge in [-0.2, -0.15) is 4.31 Å². The lowest BCUT2D eigenvalue weighted by molar-refractivity contribution is -0.115. The first-order chi connectivity index (χ1) is 16.3. The van der Waals surface area contributed by atoms with E-state index in [2.05, 4.69) is 15.5 Å². The topological polar surface area (TPSA) is 97.2 Å². The number of hydrogen-bond donors (Lipinski definition) is 1. The smallest absolute Gasteiger partial charge is 0.243 e. The predicted molar refractivity (Wildman–Crippen MR) is 133 cm³/mol. The van der Waals surface area contributed by atoms with Crippen molar-refractivity contribution in [2.24, 2.45) is 0 Å². The Morgan fingerprint density at radius 1 is 1.03 bits per heavy atom. The van der Waals surface area contributed by atoms with Gasteiger partial charge < -0.3 is 9.88 Å². The van der Waals surface area contributed by atoms with Gasteiger partial charge in [-0.05, 0) is 56.5 Å². The minimum absolute atomic E-state index is 0.191. The quantitative estimate of drug-likeness (QED) is 0.472. The maximum absolute atomic E-state index is 12.8. The molecule has 0 bridgehead atoms. The highest BCUT2D eigenvalue weighted by Crippen LogP contribution is 2.25. The highest BCUT2D eigenvalue weighted by Gasteiger charge is 2.26. The molecule has 1 atom stereocenters. The molecular formula is C24H29N5O3S2. The zero-order valence-corrected chi connectivity index (χ0v) is 21.0. The van der Waals surface area contributed by atoms with Crippen molar-refractivity contribution in [1.82, 2.24) is 19.1 Å². The molecule has 34 heavy (non-hydrogen) atoms. The molecule has 0 radical (unpaired) electrons. The monoisotopic (exact) mass is 499 g/mol. The van der Waals surface area contributed by atoms with Crippen LogP contribution in [0.1, 0.15) is 37.6 Å². The maximum Gasteiger partial charge on any atom is 0.243 e. The van der Waals surface area contributed by atoms with Gasteiger partial charge in [-0.3, -0.25) is 4.79 Å². The highest BCUT2D eigenvalue weighted by atomic mass is 32.2. The van der Waals surface area contributed by atoms with Crippen molar-refractivity contribution in [1.29, 1.82) is 0 Å². The number of amides is 1. The van der Waals surface area contributed by atoms with Crippen LogP contribution < -0.4 is 5.32 Å². The summed E-state index contributed by atoms with van der Waals surface area (Å²) in [7, 11) is -3.49. The van der Waals surface area contributed by atoms with Gasteiger partial charge in [0, 0.05) is 18.8 Å². The van der Waals surface area contributed by atoms with Crippen molar-refractivity contribution in [2.45, 2.75) is 55.0 Å². The summed E-state index contributed by atoms with van der Waals surface area (Å²) in [6.45, 7) is 5.45. The van der Waals surface area contributed by atoms with Gasteiger partial charge >= 0.3 is 0 Å². The van der Waals surface area contributed by atoms with Crippen molar-refractivity contribution in [3.8, 4) is 0 Å². The molecule has 8 nitrogen and oxygen atoms in total. The lowest BCUT2D eigenvalue weighted by Crippen LogP contribution is -2.35. The van der Waals surface area contributed by atoms with Gasteiger partial charge in [0.05, 0.1) is 16.7 Å². The zero-order valence-electron chi connectivity index (χ0n) is 19.3. The average Bonchev–Trinajstić information content (AvgIpc) is 3.19. The molecule has 3 aromatic rings. The van der Waals surface area contributed by atoms with Gasteiger partial charge in [-0.25, -0.2) is 8.42 Å². The maximum atomic E-state index is 12.8. The van der Waals surface area contributed by atoms with Crippen LogP contribution in [0, 0.1) is 6.92 Å². The van der Waals surface area contributed by atoms with E-state index >= 15 is 0 Å². The lowest BCUT2D eigenvalue weighted by atomic mass is 10.2. The molecule has 1 N–H and O–H groups in total. The van der Waals surface area contributed by atoms with Crippen LogP contribution in [-0.2, 0) is 21.4 Å². The highest BCUT2D eigenvalue weighted by molar-refractivity contribution is 8.00. The van der Waals surface area contributed by atoms with E-state index in [-0.39, 0.29) is 10.8 Å². The second kappa shape index (κ2) is 10.7. The van der Waals surface area contributed by atoms with Crippen LogP contribution in [0.25, 0.3) is 0 Å². The molecule has 180 valence electrons. The summed E-state index contributed by atoms with van der Waals surface area (Å²) in [5.41, 5.74) is 1.68. The van der Waals surface area contributed by atoms with Crippen molar-refractivity contribution in [3.63, 3.8) is 0 Å². The Balaban J connectivity index is 1.39. The van der Waals surface area contributed by atoms with E-state index in [1.807, 2.05) is 48.7 Å². The van der Waals surface area contributed by atoms with Crippen LogP contribution >= 0.6 is 11.8 Å². The second-order valence-electron chi connectivity index (χ2n) is 8.34. The number of rotatable bonds is 8. The van der Waals surface area contributed by atoms with Crippen molar-refractivity contribution in [2.75, 3.05) is 18.4 Å². The number of thioether (sulfide) groups is 1. The van der Waals surface area contributed by atoms with Gasteiger partial charge in [0.1, 0.15) is 5.82 Å². The van der Waals surface area contributed by atoms with E-state index in [4.69, 9.17) is 0 Å². The molecule has 2 aromatic carbocycles. The molecule has 1 aliphatic rings. The fourth-order valence-electron chi connectivity index (χ4n) is 3.82. The van der Waals surface area contributed by atoms with E-state index in [0.717, 1.165) is 30.7 Å². The Bertz CT molecular complexity index is 1220. The summed E-state index contributed by atoms with van der Waals surface area (Å²) in [6, 6.07) is 16.4. The van der Waals surface area contributed by atoms with Crippen molar-refractivity contribution in [3.05, 3.63) is 66.0 Å². The number of carbonyl (C=O) groups excluding carboxylic acids is 1. The third kappa shape index (κ3) is 5.68. The molecule has 1 aromatic heterocycles. The summed E-state index contributed by atoms with van der Waals surface area (Å²) in [5.74, 6) is 0.591. The van der Waals surface area contributed by atoms with Crippen LogP contribution in [0.3, 0.4) is 0 Å². The standard InChI is InChI=1S/C24H29N5O3S2/c1-18(33-24-27-26-19(2)29(24)17-20-9-5-3-6-10-20)23(30)25-21-11-13-22(14-12-21)34(31,32)28-15-7-4-8-16-28/h3,5-6,9-14,18H,4,7-8,15-17H2,1-2H3,(H,25,30)/t18-/m1/s1. The number of benzene rings is 2. The molecule has 0 aliphatic carbocycles. The van der Waals surface area contributed by atoms with Crippen LogP contribution in [0.5, 0.6) is 0 Å². The number of nitrogens with zero attached hydrogens (tertiary/aromatic N) is 4. The third-order valence-corrected chi connectivity index (χ3v) is 8.80. The molecule has 10 heteroatoms. The van der Waals surface area contributed by atoms with Gasteiger partial charge in [0.25, 0.3) is 0 Å². The van der Waals surface area contributed by atoms with Gasteiger partial charge in [-0.15, -0.1) is 10.2 Å². The molecule has 1 amide bonds. The van der Waals surface area contributed by atoms with Gasteiger partial charge in [0.2, 0.25) is 15.9 Å². The number of nitrogens with one attached hydrogen (secondary N) is 1. The largest absolute Gasteiger partial charge is 0.325 e. The minimum atomic E-state index is -3.49. The summed E-state index contributed by atoms with van der Waals surface area (Å²) >= 11 is 1.34. The van der Waals surface area contributed by atoms with Crippen LogP contribution in [0.4, 0.5) is 5.69 Å². The number of aromatic nitrogens is 3. The van der Waals surface area contributed by atoms with E-state index in [1.54, 1.807) is 24.3 Å². The SMILES string of the molecule is Cc1nnc(S[C@H](C)C(=O)Nc2ccc(S(=O)(=O)N3CCCCC3)cc2)n1Cc1ccccc1. The lowest BCUT2D eigenvalue weighted by Gasteiger charge is -2.25. The summed E-state index contributed by atoms with van der Waals surface area (Å²) < 4.78 is 29.2. The summed E-state index contributed by atoms with van der Waals surface area (Å²) in [6.07, 6.45) is 2.85. The van der Waals surface area contributed by atoms with Crippen LogP contribution in [0.2, 0.25) is 0 Å². The average molecular weight is 500 g/mol. The molecule has 1 saturated heterocycles. The fraction of sp³-hybridized carbons (Fsp3) is 0.375. The van der Waals surface area contributed by atoms with E-state index in [0.29, 0.717) is 30.5 Å². The van der Waals surface area contributed by atoms with Gasteiger partial charge in [0.15, 0.2) is 5.16 Å². The first kappa shape index (κ1) is 24.4. The Hall–Kier alpha value is -2.69. The molecule has 1 aliphatic heterocycles. The van der Waals surface area contributed by atoms with E-state index < -0.39 is 15.3 Å². The first-order valence-corrected chi connectivity index (χ1v) is 13.7. The van der Waals surface area contributed by atoms with Crippen LogP contribution in [0.15, 0.2) is 64.6 Å². The molecule has 1 fully saturated rings. The second-order valence-corrected chi connectivity index (χ2v) is 11.6. The van der Waals surface area contributed by atoms with Crippen molar-refractivity contribution >= 4 is 33.4 Å². The molecular weight excluding hydrogens is 470 g/mol. The zero-order chi connectivity index (χ0) is 24.1. The number of piperidine rings is 1. The Morgan fingerprint density at radius 3 is 2.38 bits per heavy atom. The fourth-order valence-corrected chi connectivity index (χ4v) is 6.23. The number of carbonyl (C=O) groups is 1. The normalized spacial score (nSPS) is 15.7. The number of hydrogen-bond acceptors (Lipinski definition) is 6. The predicted octanol–water partition coefficient (Wildman–Crippen LogP) is 3.93. The summed E-state index contributed by atoms with van der Waals surface area (Å²) in [4.78, 5) is 13.1. The van der Waals surface area contributed by atoms with E-state index in [1.165, 1.54) is 16.1 Å². The van der Waals surface area contributed by atoms with E-state index in [9.17, 15) is 13.2 Å². The van der Waals surface area contributed by atoms with Gasteiger partial charge in [-0.1, -0.05) is 48.5 Å². The third-order valence-electron chi connectivity index (χ3n) is 5.81. The number of aryl methyl sites for hydroxylation is 1. The molecule has 0 spiro atoms.